The fraction of sp³-hybridized carbons (Fsp3) is 0.318. The molecule has 0 bridgehead atoms. The van der Waals surface area contributed by atoms with Crippen LogP contribution in [0.4, 0.5) is 42.0 Å². The van der Waals surface area contributed by atoms with Crippen LogP contribution in [0.25, 0.3) is 0 Å². The Morgan fingerprint density at radius 1 is 1.09 bits per heavy atom. The number of hydrogen-bond acceptors (Lipinski definition) is 9. The highest BCUT2D eigenvalue weighted by Crippen LogP contribution is 2.36. The molecule has 2 aromatic heterocycles. The van der Waals surface area contributed by atoms with Gasteiger partial charge in [0.2, 0.25) is 5.95 Å². The summed E-state index contributed by atoms with van der Waals surface area (Å²) < 4.78 is 40.5. The van der Waals surface area contributed by atoms with Crippen molar-refractivity contribution in [2.75, 3.05) is 54.9 Å². The Kier molecular flexibility index (Phi) is 7.38. The molecule has 13 heteroatoms. The number of carbonyl (C=O) groups is 1. The number of benzene rings is 1. The molecular weight excluding hydrogens is 485 g/mol. The van der Waals surface area contributed by atoms with E-state index in [0.717, 1.165) is 43.2 Å². The first-order valence-electron chi connectivity index (χ1n) is 10.7. The minimum Gasteiger partial charge on any atom is -0.477 e. The number of aromatic carboxylic acids is 1. The van der Waals surface area contributed by atoms with Crippen molar-refractivity contribution in [1.82, 2.24) is 14.9 Å². The van der Waals surface area contributed by atoms with Crippen molar-refractivity contribution in [3.05, 3.63) is 52.3 Å². The van der Waals surface area contributed by atoms with Gasteiger partial charge in [-0.05, 0) is 35.7 Å². The highest BCUT2D eigenvalue weighted by Gasteiger charge is 2.35. The Hall–Kier alpha value is -3.42. The zero-order valence-corrected chi connectivity index (χ0v) is 19.2. The van der Waals surface area contributed by atoms with Crippen molar-refractivity contribution in [1.29, 1.82) is 0 Å². The van der Waals surface area contributed by atoms with Crippen LogP contribution in [0.15, 0.2) is 41.9 Å². The molecule has 9 nitrogen and oxygen atoms in total. The predicted octanol–water partition coefficient (Wildman–Crippen LogP) is 3.86. The lowest BCUT2D eigenvalue weighted by atomic mass is 10.2. The molecule has 1 aromatic carbocycles. The van der Waals surface area contributed by atoms with Gasteiger partial charge in [0.25, 0.3) is 0 Å². The summed E-state index contributed by atoms with van der Waals surface area (Å²) in [6.07, 6.45) is -4.08. The highest BCUT2D eigenvalue weighted by molar-refractivity contribution is 7.12. The number of carboxylic acid groups (broad SMARTS) is 1. The van der Waals surface area contributed by atoms with E-state index in [2.05, 4.69) is 30.4 Å². The normalized spacial score (nSPS) is 14.7. The Balaban J connectivity index is 1.50. The summed E-state index contributed by atoms with van der Waals surface area (Å²) in [4.78, 5) is 23.4. The van der Waals surface area contributed by atoms with Crippen LogP contribution < -0.4 is 15.5 Å². The number of aliphatic hydroxyl groups is 1. The molecule has 1 fully saturated rings. The molecule has 0 spiro atoms. The topological polar surface area (TPSA) is 114 Å². The molecule has 0 atom stereocenters. The number of nitrogens with zero attached hydrogens (tertiary/aromatic N) is 4. The molecule has 3 heterocycles. The van der Waals surface area contributed by atoms with Gasteiger partial charge in [-0.25, -0.2) is 9.78 Å². The molecule has 3 aromatic rings. The summed E-state index contributed by atoms with van der Waals surface area (Å²) in [6.45, 7) is 4.14. The molecule has 1 aliphatic rings. The maximum absolute atomic E-state index is 13.5. The van der Waals surface area contributed by atoms with Crippen LogP contribution >= 0.6 is 11.3 Å². The summed E-state index contributed by atoms with van der Waals surface area (Å²) in [5, 5.41) is 25.2. The Morgan fingerprint density at radius 3 is 2.43 bits per heavy atom. The van der Waals surface area contributed by atoms with Crippen LogP contribution in [0.5, 0.6) is 0 Å². The van der Waals surface area contributed by atoms with Gasteiger partial charge in [0.15, 0.2) is 0 Å². The van der Waals surface area contributed by atoms with E-state index in [1.54, 1.807) is 12.1 Å². The molecule has 1 aliphatic heterocycles. The lowest BCUT2D eigenvalue weighted by molar-refractivity contribution is -0.137. The number of halogens is 3. The smallest absolute Gasteiger partial charge is 0.421 e. The van der Waals surface area contributed by atoms with E-state index in [1.807, 2.05) is 12.1 Å². The standard InChI is InChI=1S/C22H23F3N6O3S/c23-22(24,25)16-13-26-21(29-19(16)28-17-5-12-35-18(17)20(33)34)27-14-1-3-15(4-2-14)31-8-6-30(7-9-31)10-11-32/h1-5,12-13,32H,6-11H2,(H,33,34)(H2,26,27,28,29). The van der Waals surface area contributed by atoms with Gasteiger partial charge >= 0.3 is 12.1 Å². The monoisotopic (exact) mass is 508 g/mol. The number of rotatable bonds is 8. The summed E-state index contributed by atoms with van der Waals surface area (Å²) in [5.74, 6) is -1.87. The molecule has 4 rings (SSSR count). The van der Waals surface area contributed by atoms with Crippen molar-refractivity contribution in [2.24, 2.45) is 0 Å². The largest absolute Gasteiger partial charge is 0.477 e. The number of thiophene rings is 1. The Morgan fingerprint density at radius 2 is 1.80 bits per heavy atom. The van der Waals surface area contributed by atoms with Gasteiger partial charge in [-0.2, -0.15) is 18.2 Å². The minimum atomic E-state index is -4.73. The summed E-state index contributed by atoms with van der Waals surface area (Å²) in [6, 6.07) is 8.75. The second-order valence-electron chi connectivity index (χ2n) is 7.77. The zero-order chi connectivity index (χ0) is 25.0. The van der Waals surface area contributed by atoms with Gasteiger partial charge in [0.1, 0.15) is 16.3 Å². The van der Waals surface area contributed by atoms with Crippen molar-refractivity contribution >= 4 is 46.1 Å². The van der Waals surface area contributed by atoms with E-state index in [4.69, 9.17) is 5.11 Å². The number of carboxylic acids is 1. The fourth-order valence-corrected chi connectivity index (χ4v) is 4.39. The summed E-state index contributed by atoms with van der Waals surface area (Å²) in [7, 11) is 0. The first kappa shape index (κ1) is 24.7. The van der Waals surface area contributed by atoms with Gasteiger partial charge < -0.3 is 25.7 Å². The fourth-order valence-electron chi connectivity index (χ4n) is 3.70. The zero-order valence-electron chi connectivity index (χ0n) is 18.4. The van der Waals surface area contributed by atoms with Crippen molar-refractivity contribution < 1.29 is 28.2 Å². The summed E-state index contributed by atoms with van der Waals surface area (Å²) in [5.41, 5.74) is 0.496. The highest BCUT2D eigenvalue weighted by atomic mass is 32.1. The van der Waals surface area contributed by atoms with Crippen LogP contribution in [0.2, 0.25) is 0 Å². The van der Waals surface area contributed by atoms with E-state index in [9.17, 15) is 23.1 Å². The van der Waals surface area contributed by atoms with Crippen LogP contribution in [0.3, 0.4) is 0 Å². The van der Waals surface area contributed by atoms with Crippen molar-refractivity contribution in [3.8, 4) is 0 Å². The van der Waals surface area contributed by atoms with E-state index >= 15 is 0 Å². The number of nitrogens with one attached hydrogen (secondary N) is 2. The molecule has 0 saturated carbocycles. The van der Waals surface area contributed by atoms with Crippen molar-refractivity contribution in [3.63, 3.8) is 0 Å². The number of aromatic nitrogens is 2. The molecule has 186 valence electrons. The number of anilines is 5. The number of β-amino-alcohol motifs (C(OH)–C–C–N with tert-alkyl or cyclic N) is 1. The van der Waals surface area contributed by atoms with E-state index in [0.29, 0.717) is 18.4 Å². The lowest BCUT2D eigenvalue weighted by Crippen LogP contribution is -2.47. The molecule has 0 unspecified atom stereocenters. The third kappa shape index (κ3) is 5.99. The molecule has 0 radical (unpaired) electrons. The molecule has 1 saturated heterocycles. The van der Waals surface area contributed by atoms with Crippen LogP contribution in [0, 0.1) is 0 Å². The average molecular weight is 509 g/mol. The van der Waals surface area contributed by atoms with Crippen molar-refractivity contribution in [2.45, 2.75) is 6.18 Å². The average Bonchev–Trinajstić information content (AvgIpc) is 3.28. The van der Waals surface area contributed by atoms with Gasteiger partial charge in [-0.3, -0.25) is 4.90 Å². The number of hydrogen-bond donors (Lipinski definition) is 4. The first-order chi connectivity index (χ1) is 16.7. The SMILES string of the molecule is O=C(O)c1sccc1Nc1nc(Nc2ccc(N3CCN(CCO)CC3)cc2)ncc1C(F)(F)F. The number of aliphatic hydroxyl groups excluding tert-OH is 1. The third-order valence-electron chi connectivity index (χ3n) is 5.48. The second-order valence-corrected chi connectivity index (χ2v) is 8.69. The first-order valence-corrected chi connectivity index (χ1v) is 11.6. The molecule has 4 N–H and O–H groups in total. The van der Waals surface area contributed by atoms with Gasteiger partial charge in [0, 0.05) is 50.3 Å². The van der Waals surface area contributed by atoms with Gasteiger partial charge in [0.05, 0.1) is 12.3 Å². The molecule has 0 aliphatic carbocycles. The second kappa shape index (κ2) is 10.5. The van der Waals surface area contributed by atoms with E-state index < -0.39 is 23.5 Å². The van der Waals surface area contributed by atoms with E-state index in [-0.39, 0.29) is 23.1 Å². The third-order valence-corrected chi connectivity index (χ3v) is 6.39. The molecule has 35 heavy (non-hydrogen) atoms. The Labute approximate surface area is 202 Å². The maximum Gasteiger partial charge on any atom is 0.421 e. The maximum atomic E-state index is 13.5. The predicted molar refractivity (Wildman–Crippen MR) is 127 cm³/mol. The molecule has 0 amide bonds. The lowest BCUT2D eigenvalue weighted by Gasteiger charge is -2.35. The van der Waals surface area contributed by atoms with Crippen LogP contribution in [-0.2, 0) is 6.18 Å². The van der Waals surface area contributed by atoms with Crippen LogP contribution in [-0.4, -0.2) is 70.4 Å². The summed E-state index contributed by atoms with van der Waals surface area (Å²) >= 11 is 0.892. The number of alkyl halides is 3. The molecular formula is C22H23F3N6O3S. The van der Waals surface area contributed by atoms with E-state index in [1.165, 1.54) is 11.4 Å². The van der Waals surface area contributed by atoms with Gasteiger partial charge in [-0.15, -0.1) is 11.3 Å². The number of piperazine rings is 1. The van der Waals surface area contributed by atoms with Gasteiger partial charge in [-0.1, -0.05) is 0 Å². The quantitative estimate of drug-likeness (QED) is 0.360. The van der Waals surface area contributed by atoms with Crippen LogP contribution in [0.1, 0.15) is 15.2 Å². The minimum absolute atomic E-state index is 0.0149. The Bertz CT molecular complexity index is 1160.